The lowest BCUT2D eigenvalue weighted by Gasteiger charge is -2.26. The Labute approximate surface area is 264 Å². The van der Waals surface area contributed by atoms with Crippen LogP contribution in [0, 0.1) is 0 Å². The summed E-state index contributed by atoms with van der Waals surface area (Å²) in [6, 6.07) is 26.2. The lowest BCUT2D eigenvalue weighted by molar-refractivity contribution is -0.137. The van der Waals surface area contributed by atoms with Crippen LogP contribution in [0.1, 0.15) is 51.7 Å². The van der Waals surface area contributed by atoms with Gasteiger partial charge in [-0.3, -0.25) is 19.4 Å². The number of fused-ring (bicyclic) bond motifs is 1. The summed E-state index contributed by atoms with van der Waals surface area (Å²) in [5.74, 6) is -1.12. The maximum atomic E-state index is 13.3. The molecule has 5 rings (SSSR count). The van der Waals surface area contributed by atoms with Crippen molar-refractivity contribution in [2.45, 2.75) is 26.1 Å². The van der Waals surface area contributed by atoms with E-state index in [0.29, 0.717) is 46.4 Å². The van der Waals surface area contributed by atoms with Crippen LogP contribution in [0.5, 0.6) is 0 Å². The molecule has 0 aliphatic rings. The van der Waals surface area contributed by atoms with Gasteiger partial charge in [-0.1, -0.05) is 66.7 Å². The SMILES string of the molecule is CCN(CC)C(=O)C(NC(=O)c1cnc2cc(NC(=O)c3ccccc3-c3ccc(C(F)(F)F)cc3)ccc2c1)c1ccccc1. The Morgan fingerprint density at radius 1 is 0.804 bits per heavy atom. The monoisotopic (exact) mass is 624 g/mol. The van der Waals surface area contributed by atoms with Crippen molar-refractivity contribution in [1.29, 1.82) is 0 Å². The standard InChI is InChI=1S/C36H31F3N4O3/c1-3-43(4-2)35(46)32(24-10-6-5-7-11-24)42-33(44)26-20-25-16-19-28(21-31(25)40-22-26)41-34(45)30-13-9-8-12-29(30)23-14-17-27(18-15-23)36(37,38)39/h5-22,32H,3-4H2,1-2H3,(H,41,45)(H,42,44). The van der Waals surface area contributed by atoms with E-state index in [1.807, 2.05) is 32.0 Å². The van der Waals surface area contributed by atoms with Crippen LogP contribution in [0.15, 0.2) is 109 Å². The number of hydrogen-bond donors (Lipinski definition) is 2. The summed E-state index contributed by atoms with van der Waals surface area (Å²) in [5, 5.41) is 6.34. The van der Waals surface area contributed by atoms with Crippen molar-refractivity contribution >= 4 is 34.3 Å². The number of nitrogens with zero attached hydrogens (tertiary/aromatic N) is 2. The van der Waals surface area contributed by atoms with Crippen LogP contribution in [0.2, 0.25) is 0 Å². The Balaban J connectivity index is 1.34. The van der Waals surface area contributed by atoms with Gasteiger partial charge >= 0.3 is 6.18 Å². The van der Waals surface area contributed by atoms with Crippen molar-refractivity contribution in [3.63, 3.8) is 0 Å². The summed E-state index contributed by atoms with van der Waals surface area (Å²) in [6.07, 6.45) is -3.05. The molecule has 4 aromatic carbocycles. The first-order valence-corrected chi connectivity index (χ1v) is 14.7. The zero-order chi connectivity index (χ0) is 32.8. The summed E-state index contributed by atoms with van der Waals surface area (Å²) < 4.78 is 39.1. The molecule has 0 aliphatic carbocycles. The molecule has 0 aliphatic heterocycles. The van der Waals surface area contributed by atoms with Crippen molar-refractivity contribution in [1.82, 2.24) is 15.2 Å². The molecule has 7 nitrogen and oxygen atoms in total. The molecular formula is C36H31F3N4O3. The number of aromatic nitrogens is 1. The fourth-order valence-electron chi connectivity index (χ4n) is 5.16. The minimum atomic E-state index is -4.46. The van der Waals surface area contributed by atoms with Gasteiger partial charge in [0.15, 0.2) is 0 Å². The highest BCUT2D eigenvalue weighted by molar-refractivity contribution is 6.09. The van der Waals surface area contributed by atoms with Crippen molar-refractivity contribution in [2.75, 3.05) is 18.4 Å². The number of hydrogen-bond acceptors (Lipinski definition) is 4. The summed E-state index contributed by atoms with van der Waals surface area (Å²) >= 11 is 0. The molecule has 0 saturated carbocycles. The van der Waals surface area contributed by atoms with Crippen LogP contribution in [-0.2, 0) is 11.0 Å². The molecule has 3 amide bonds. The average molecular weight is 625 g/mol. The van der Waals surface area contributed by atoms with Crippen LogP contribution in [0.3, 0.4) is 0 Å². The number of carbonyl (C=O) groups is 3. The smallest absolute Gasteiger partial charge is 0.341 e. The zero-order valence-corrected chi connectivity index (χ0v) is 25.1. The highest BCUT2D eigenvalue weighted by Gasteiger charge is 2.30. The zero-order valence-electron chi connectivity index (χ0n) is 25.1. The van der Waals surface area contributed by atoms with Gasteiger partial charge in [0.1, 0.15) is 6.04 Å². The Hall–Kier alpha value is -5.51. The fourth-order valence-corrected chi connectivity index (χ4v) is 5.16. The van der Waals surface area contributed by atoms with Crippen LogP contribution in [0.25, 0.3) is 22.0 Å². The molecule has 1 heterocycles. The summed E-state index contributed by atoms with van der Waals surface area (Å²) in [6.45, 7) is 4.78. The third-order valence-electron chi connectivity index (χ3n) is 7.63. The summed E-state index contributed by atoms with van der Waals surface area (Å²) in [4.78, 5) is 46.0. The molecule has 10 heteroatoms. The fraction of sp³-hybridized carbons (Fsp3) is 0.167. The third kappa shape index (κ3) is 7.07. The van der Waals surface area contributed by atoms with Crippen LogP contribution >= 0.6 is 0 Å². The van der Waals surface area contributed by atoms with Gasteiger partial charge < -0.3 is 15.5 Å². The minimum absolute atomic E-state index is 0.210. The summed E-state index contributed by atoms with van der Waals surface area (Å²) in [7, 11) is 0. The van der Waals surface area contributed by atoms with E-state index in [2.05, 4.69) is 15.6 Å². The minimum Gasteiger partial charge on any atom is -0.341 e. The Morgan fingerprint density at radius 3 is 2.15 bits per heavy atom. The highest BCUT2D eigenvalue weighted by atomic mass is 19.4. The molecule has 1 aromatic heterocycles. The van der Waals surface area contributed by atoms with Gasteiger partial charge in [-0.05, 0) is 66.9 Å². The molecule has 0 radical (unpaired) electrons. The second-order valence-corrected chi connectivity index (χ2v) is 10.5. The average Bonchev–Trinajstić information content (AvgIpc) is 3.07. The van der Waals surface area contributed by atoms with E-state index in [4.69, 9.17) is 0 Å². The lowest BCUT2D eigenvalue weighted by Crippen LogP contribution is -2.42. The first-order valence-electron chi connectivity index (χ1n) is 14.7. The molecule has 0 bridgehead atoms. The molecule has 0 saturated heterocycles. The topological polar surface area (TPSA) is 91.4 Å². The van der Waals surface area contributed by atoms with Crippen molar-refractivity contribution in [2.24, 2.45) is 0 Å². The molecule has 1 atom stereocenters. The molecule has 234 valence electrons. The maximum absolute atomic E-state index is 13.3. The predicted molar refractivity (Wildman–Crippen MR) is 171 cm³/mol. The van der Waals surface area contributed by atoms with Crippen LogP contribution < -0.4 is 10.6 Å². The maximum Gasteiger partial charge on any atom is 0.416 e. The van der Waals surface area contributed by atoms with Gasteiger partial charge in [0, 0.05) is 35.9 Å². The number of halogens is 3. The number of nitrogens with one attached hydrogen (secondary N) is 2. The normalized spacial score (nSPS) is 11.9. The Bertz CT molecular complexity index is 1870. The number of benzene rings is 4. The Kier molecular flexibility index (Phi) is 9.46. The number of pyridine rings is 1. The van der Waals surface area contributed by atoms with E-state index in [9.17, 15) is 27.6 Å². The molecule has 0 spiro atoms. The number of amides is 3. The van der Waals surface area contributed by atoms with Crippen molar-refractivity contribution < 1.29 is 27.6 Å². The van der Waals surface area contributed by atoms with Gasteiger partial charge in [0.05, 0.1) is 16.6 Å². The van der Waals surface area contributed by atoms with Gasteiger partial charge in [-0.2, -0.15) is 13.2 Å². The first-order chi connectivity index (χ1) is 22.1. The number of alkyl halides is 3. The van der Waals surface area contributed by atoms with Crippen LogP contribution in [0.4, 0.5) is 18.9 Å². The molecule has 2 N–H and O–H groups in total. The largest absolute Gasteiger partial charge is 0.416 e. The van der Waals surface area contributed by atoms with Gasteiger partial charge in [0.2, 0.25) is 5.91 Å². The lowest BCUT2D eigenvalue weighted by atomic mass is 9.98. The number of rotatable bonds is 9. The molecule has 46 heavy (non-hydrogen) atoms. The van der Waals surface area contributed by atoms with E-state index in [1.165, 1.54) is 18.3 Å². The van der Waals surface area contributed by atoms with E-state index in [1.54, 1.807) is 65.6 Å². The van der Waals surface area contributed by atoms with E-state index >= 15 is 0 Å². The van der Waals surface area contributed by atoms with Gasteiger partial charge in [-0.15, -0.1) is 0 Å². The van der Waals surface area contributed by atoms with Crippen molar-refractivity contribution in [3.05, 3.63) is 132 Å². The quantitative estimate of drug-likeness (QED) is 0.178. The second-order valence-electron chi connectivity index (χ2n) is 10.5. The molecule has 5 aromatic rings. The van der Waals surface area contributed by atoms with Gasteiger partial charge in [-0.25, -0.2) is 0 Å². The summed E-state index contributed by atoms with van der Waals surface area (Å²) in [5.41, 5.74) is 2.36. The van der Waals surface area contributed by atoms with E-state index < -0.39 is 29.6 Å². The van der Waals surface area contributed by atoms with E-state index in [-0.39, 0.29) is 17.0 Å². The number of likely N-dealkylation sites (N-methyl/N-ethyl adjacent to an activating group) is 1. The van der Waals surface area contributed by atoms with Crippen LogP contribution in [-0.4, -0.2) is 40.7 Å². The second kappa shape index (κ2) is 13.6. The van der Waals surface area contributed by atoms with Gasteiger partial charge in [0.25, 0.3) is 11.8 Å². The molecule has 0 fully saturated rings. The first kappa shape index (κ1) is 31.9. The molecular weight excluding hydrogens is 593 g/mol. The Morgan fingerprint density at radius 2 is 1.48 bits per heavy atom. The third-order valence-corrected chi connectivity index (χ3v) is 7.63. The predicted octanol–water partition coefficient (Wildman–Crippen LogP) is 7.51. The number of anilines is 1. The number of carbonyl (C=O) groups excluding carboxylic acids is 3. The molecule has 1 unspecified atom stereocenters. The highest BCUT2D eigenvalue weighted by Crippen LogP contribution is 2.32. The van der Waals surface area contributed by atoms with E-state index in [0.717, 1.165) is 12.1 Å². The van der Waals surface area contributed by atoms with Crippen molar-refractivity contribution in [3.8, 4) is 11.1 Å².